The molecule has 2 fully saturated rings. The first-order valence-corrected chi connectivity index (χ1v) is 11.6. The molecule has 0 N–H and O–H groups in total. The normalized spacial score (nSPS) is 19.3. The number of rotatable bonds is 5. The summed E-state index contributed by atoms with van der Waals surface area (Å²) in [6.07, 6.45) is 7.15. The zero-order valence-electron chi connectivity index (χ0n) is 19.5. The van der Waals surface area contributed by atoms with E-state index in [9.17, 15) is 9.59 Å². The molecule has 3 heterocycles. The molecule has 0 aromatic carbocycles. The summed E-state index contributed by atoms with van der Waals surface area (Å²) in [4.78, 5) is 35.4. The molecule has 0 saturated carbocycles. The Balaban J connectivity index is 1.38. The topological polar surface area (TPSA) is 66.0 Å². The number of amides is 2. The van der Waals surface area contributed by atoms with Crippen molar-refractivity contribution in [1.29, 1.82) is 0 Å². The molecule has 2 saturated heterocycles. The third-order valence-electron chi connectivity index (χ3n) is 6.26. The van der Waals surface area contributed by atoms with Crippen molar-refractivity contribution in [2.75, 3.05) is 39.8 Å². The lowest BCUT2D eigenvalue weighted by molar-refractivity contribution is -0.138. The number of carbonyl (C=O) groups excluding carboxylic acids is 2. The van der Waals surface area contributed by atoms with E-state index >= 15 is 0 Å². The van der Waals surface area contributed by atoms with Crippen LogP contribution in [-0.2, 0) is 16.1 Å². The van der Waals surface area contributed by atoms with Gasteiger partial charge in [-0.05, 0) is 83.2 Å². The fourth-order valence-corrected chi connectivity index (χ4v) is 4.48. The first kappa shape index (κ1) is 23.5. The molecule has 0 bridgehead atoms. The van der Waals surface area contributed by atoms with Crippen molar-refractivity contribution in [3.63, 3.8) is 0 Å². The van der Waals surface area contributed by atoms with Crippen molar-refractivity contribution in [2.45, 2.75) is 58.6 Å². The molecule has 2 aliphatic heterocycles. The van der Waals surface area contributed by atoms with Crippen molar-refractivity contribution in [3.05, 3.63) is 30.1 Å². The molecule has 31 heavy (non-hydrogen) atoms. The second-order valence-electron chi connectivity index (χ2n) is 10.0. The molecule has 1 aromatic heterocycles. The standard InChI is InChI=1S/C24H38N4O3/c1-24(2,3)31-23(30)26(4)17-20-7-15-28(16-8-20)22(29)21-9-13-27(14-10-21)18-19-5-11-25-12-6-19/h5-6,11-12,20-21H,7-10,13-18H2,1-4H3. The molecule has 7 heteroatoms. The first-order valence-electron chi connectivity index (χ1n) is 11.6. The van der Waals surface area contributed by atoms with Crippen LogP contribution in [0.1, 0.15) is 52.0 Å². The fraction of sp³-hybridized carbons (Fsp3) is 0.708. The molecule has 0 radical (unpaired) electrons. The third kappa shape index (κ3) is 7.20. The van der Waals surface area contributed by atoms with Gasteiger partial charge in [-0.15, -0.1) is 0 Å². The van der Waals surface area contributed by atoms with Crippen LogP contribution in [0, 0.1) is 11.8 Å². The van der Waals surface area contributed by atoms with Gasteiger partial charge in [0.25, 0.3) is 0 Å². The predicted molar refractivity (Wildman–Crippen MR) is 120 cm³/mol. The van der Waals surface area contributed by atoms with E-state index in [1.807, 2.05) is 38.1 Å². The Hall–Kier alpha value is -2.15. The number of carbonyl (C=O) groups is 2. The van der Waals surface area contributed by atoms with Gasteiger partial charge in [0, 0.05) is 51.5 Å². The van der Waals surface area contributed by atoms with Crippen LogP contribution in [0.4, 0.5) is 4.79 Å². The number of hydrogen-bond acceptors (Lipinski definition) is 5. The van der Waals surface area contributed by atoms with Gasteiger partial charge >= 0.3 is 6.09 Å². The highest BCUT2D eigenvalue weighted by Gasteiger charge is 2.31. The number of pyridine rings is 1. The van der Waals surface area contributed by atoms with Crippen molar-refractivity contribution >= 4 is 12.0 Å². The Kier molecular flexibility index (Phi) is 7.92. The van der Waals surface area contributed by atoms with Crippen LogP contribution in [0.25, 0.3) is 0 Å². The van der Waals surface area contributed by atoms with Crippen molar-refractivity contribution in [3.8, 4) is 0 Å². The van der Waals surface area contributed by atoms with E-state index in [0.717, 1.165) is 58.4 Å². The average molecular weight is 431 g/mol. The molecule has 3 rings (SSSR count). The Bertz CT molecular complexity index is 718. The lowest BCUT2D eigenvalue weighted by Crippen LogP contribution is -2.46. The number of nitrogens with zero attached hydrogens (tertiary/aromatic N) is 4. The largest absolute Gasteiger partial charge is 0.444 e. The van der Waals surface area contributed by atoms with Gasteiger partial charge in [-0.25, -0.2) is 4.79 Å². The van der Waals surface area contributed by atoms with Gasteiger partial charge in [-0.1, -0.05) is 0 Å². The summed E-state index contributed by atoms with van der Waals surface area (Å²) >= 11 is 0. The maximum absolute atomic E-state index is 13.0. The van der Waals surface area contributed by atoms with Gasteiger partial charge in [0.05, 0.1) is 0 Å². The van der Waals surface area contributed by atoms with Crippen LogP contribution in [-0.4, -0.2) is 77.1 Å². The molecule has 0 aliphatic carbocycles. The van der Waals surface area contributed by atoms with E-state index in [0.29, 0.717) is 18.4 Å². The Morgan fingerprint density at radius 3 is 2.26 bits per heavy atom. The smallest absolute Gasteiger partial charge is 0.410 e. The summed E-state index contributed by atoms with van der Waals surface area (Å²) in [5.74, 6) is 0.890. The van der Waals surface area contributed by atoms with Gasteiger partial charge in [0.2, 0.25) is 5.91 Å². The average Bonchev–Trinajstić information content (AvgIpc) is 2.74. The Morgan fingerprint density at radius 2 is 1.68 bits per heavy atom. The van der Waals surface area contributed by atoms with Gasteiger partial charge in [-0.3, -0.25) is 14.7 Å². The quantitative estimate of drug-likeness (QED) is 0.716. The molecular weight excluding hydrogens is 392 g/mol. The molecular formula is C24H38N4O3. The Morgan fingerprint density at radius 1 is 1.06 bits per heavy atom. The van der Waals surface area contributed by atoms with E-state index in [4.69, 9.17) is 4.74 Å². The summed E-state index contributed by atoms with van der Waals surface area (Å²) in [6, 6.07) is 4.11. The number of hydrogen-bond donors (Lipinski definition) is 0. The van der Waals surface area contributed by atoms with Gasteiger partial charge < -0.3 is 14.5 Å². The van der Waals surface area contributed by atoms with Crippen molar-refractivity contribution in [1.82, 2.24) is 19.7 Å². The van der Waals surface area contributed by atoms with E-state index in [1.165, 1.54) is 5.56 Å². The highest BCUT2D eigenvalue weighted by Crippen LogP contribution is 2.25. The maximum atomic E-state index is 13.0. The Labute approximate surface area is 186 Å². The highest BCUT2D eigenvalue weighted by molar-refractivity contribution is 5.79. The molecule has 0 atom stereocenters. The number of aromatic nitrogens is 1. The lowest BCUT2D eigenvalue weighted by Gasteiger charge is -2.38. The van der Waals surface area contributed by atoms with Crippen molar-refractivity contribution in [2.24, 2.45) is 11.8 Å². The molecule has 172 valence electrons. The van der Waals surface area contributed by atoms with Crippen LogP contribution in [0.2, 0.25) is 0 Å². The number of piperidine rings is 2. The zero-order valence-corrected chi connectivity index (χ0v) is 19.5. The molecule has 0 unspecified atom stereocenters. The second kappa shape index (κ2) is 10.4. The van der Waals surface area contributed by atoms with E-state index < -0.39 is 5.60 Å². The van der Waals surface area contributed by atoms with E-state index in [1.54, 1.807) is 11.9 Å². The molecule has 2 aliphatic rings. The van der Waals surface area contributed by atoms with E-state index in [2.05, 4.69) is 22.0 Å². The fourth-order valence-electron chi connectivity index (χ4n) is 4.48. The molecule has 1 aromatic rings. The minimum atomic E-state index is -0.477. The summed E-state index contributed by atoms with van der Waals surface area (Å²) in [5, 5.41) is 0. The lowest BCUT2D eigenvalue weighted by atomic mass is 9.91. The number of ether oxygens (including phenoxy) is 1. The summed E-state index contributed by atoms with van der Waals surface area (Å²) in [6.45, 7) is 10.8. The van der Waals surface area contributed by atoms with Gasteiger partial charge in [-0.2, -0.15) is 0 Å². The van der Waals surface area contributed by atoms with Gasteiger partial charge in [0.1, 0.15) is 5.60 Å². The molecule has 0 spiro atoms. The first-order chi connectivity index (χ1) is 14.7. The molecule has 2 amide bonds. The monoisotopic (exact) mass is 430 g/mol. The zero-order chi connectivity index (χ0) is 22.4. The second-order valence-corrected chi connectivity index (χ2v) is 10.0. The third-order valence-corrected chi connectivity index (χ3v) is 6.26. The summed E-state index contributed by atoms with van der Waals surface area (Å²) in [5.41, 5.74) is 0.799. The maximum Gasteiger partial charge on any atom is 0.410 e. The van der Waals surface area contributed by atoms with E-state index in [-0.39, 0.29) is 12.0 Å². The van der Waals surface area contributed by atoms with Crippen LogP contribution in [0.15, 0.2) is 24.5 Å². The summed E-state index contributed by atoms with van der Waals surface area (Å²) < 4.78 is 5.44. The van der Waals surface area contributed by atoms with Crippen LogP contribution < -0.4 is 0 Å². The minimum absolute atomic E-state index is 0.148. The summed E-state index contributed by atoms with van der Waals surface area (Å²) in [7, 11) is 1.80. The van der Waals surface area contributed by atoms with Crippen LogP contribution in [0.3, 0.4) is 0 Å². The van der Waals surface area contributed by atoms with Crippen LogP contribution >= 0.6 is 0 Å². The van der Waals surface area contributed by atoms with Crippen LogP contribution in [0.5, 0.6) is 0 Å². The number of likely N-dealkylation sites (tertiary alicyclic amines) is 2. The SMILES string of the molecule is CN(CC1CCN(C(=O)C2CCN(Cc3ccncc3)CC2)CC1)C(=O)OC(C)(C)C. The van der Waals surface area contributed by atoms with Gasteiger partial charge in [0.15, 0.2) is 0 Å². The molecule has 7 nitrogen and oxygen atoms in total. The predicted octanol–water partition coefficient (Wildman–Crippen LogP) is 3.40. The van der Waals surface area contributed by atoms with Crippen molar-refractivity contribution < 1.29 is 14.3 Å². The highest BCUT2D eigenvalue weighted by atomic mass is 16.6. The minimum Gasteiger partial charge on any atom is -0.444 e.